The molecular formula is C16H31NO3. The highest BCUT2D eigenvalue weighted by atomic mass is 16.5. The number of ether oxygens (including phenoxy) is 2. The van der Waals surface area contributed by atoms with Gasteiger partial charge in [0.15, 0.2) is 0 Å². The Morgan fingerprint density at radius 1 is 1.40 bits per heavy atom. The molecule has 118 valence electrons. The van der Waals surface area contributed by atoms with Crippen molar-refractivity contribution in [3.63, 3.8) is 0 Å². The summed E-state index contributed by atoms with van der Waals surface area (Å²) >= 11 is 0. The molecular weight excluding hydrogens is 254 g/mol. The van der Waals surface area contributed by atoms with Crippen molar-refractivity contribution in [2.75, 3.05) is 20.8 Å². The Bertz CT molecular complexity index is 295. The van der Waals surface area contributed by atoms with E-state index in [1.807, 2.05) is 6.92 Å². The fourth-order valence-corrected chi connectivity index (χ4v) is 2.99. The van der Waals surface area contributed by atoms with E-state index in [-0.39, 0.29) is 5.97 Å². The first-order valence-corrected chi connectivity index (χ1v) is 7.94. The molecule has 20 heavy (non-hydrogen) atoms. The third kappa shape index (κ3) is 5.06. The molecule has 0 heterocycles. The first-order chi connectivity index (χ1) is 9.55. The topological polar surface area (TPSA) is 47.6 Å². The Labute approximate surface area is 123 Å². The molecule has 0 bridgehead atoms. The van der Waals surface area contributed by atoms with Crippen molar-refractivity contribution >= 4 is 5.97 Å². The van der Waals surface area contributed by atoms with E-state index in [1.165, 1.54) is 39.2 Å². The Hall–Kier alpha value is -0.610. The molecule has 1 aliphatic rings. The van der Waals surface area contributed by atoms with Gasteiger partial charge in [0.2, 0.25) is 0 Å². The van der Waals surface area contributed by atoms with Crippen LogP contribution in [-0.2, 0) is 14.3 Å². The lowest BCUT2D eigenvalue weighted by atomic mass is 9.85. The number of carbonyl (C=O) groups excluding carboxylic acids is 1. The summed E-state index contributed by atoms with van der Waals surface area (Å²) in [4.78, 5) is 11.7. The van der Waals surface area contributed by atoms with E-state index >= 15 is 0 Å². The van der Waals surface area contributed by atoms with Crippen LogP contribution in [0.25, 0.3) is 0 Å². The fraction of sp³-hybridized carbons (Fsp3) is 0.938. The Morgan fingerprint density at radius 3 is 2.75 bits per heavy atom. The number of esters is 1. The molecule has 3 unspecified atom stereocenters. The molecule has 1 saturated carbocycles. The highest BCUT2D eigenvalue weighted by molar-refractivity contribution is 5.80. The van der Waals surface area contributed by atoms with Crippen molar-refractivity contribution in [2.24, 2.45) is 5.92 Å². The van der Waals surface area contributed by atoms with Crippen molar-refractivity contribution in [1.29, 1.82) is 0 Å². The Balaban J connectivity index is 2.25. The minimum absolute atomic E-state index is 0.205. The molecule has 0 aromatic rings. The molecule has 1 fully saturated rings. The van der Waals surface area contributed by atoms with Gasteiger partial charge in [-0.15, -0.1) is 0 Å². The quantitative estimate of drug-likeness (QED) is 0.550. The van der Waals surface area contributed by atoms with Crippen LogP contribution in [0.2, 0.25) is 0 Å². The molecule has 3 atom stereocenters. The normalized spacial score (nSPS) is 26.0. The van der Waals surface area contributed by atoms with Crippen LogP contribution in [-0.4, -0.2) is 38.4 Å². The summed E-state index contributed by atoms with van der Waals surface area (Å²) in [6.07, 6.45) is 8.34. The highest BCUT2D eigenvalue weighted by Crippen LogP contribution is 2.28. The van der Waals surface area contributed by atoms with Gasteiger partial charge in [-0.05, 0) is 45.6 Å². The van der Waals surface area contributed by atoms with Crippen molar-refractivity contribution in [3.05, 3.63) is 0 Å². The van der Waals surface area contributed by atoms with Crippen molar-refractivity contribution in [3.8, 4) is 0 Å². The molecule has 4 nitrogen and oxygen atoms in total. The summed E-state index contributed by atoms with van der Waals surface area (Å²) in [6, 6.07) is 0. The van der Waals surface area contributed by atoms with Crippen LogP contribution >= 0.6 is 0 Å². The second-order valence-corrected chi connectivity index (χ2v) is 6.11. The summed E-state index contributed by atoms with van der Waals surface area (Å²) in [7, 11) is 3.23. The predicted molar refractivity (Wildman–Crippen MR) is 80.7 cm³/mol. The average Bonchev–Trinajstić information content (AvgIpc) is 2.50. The molecule has 0 saturated heterocycles. The van der Waals surface area contributed by atoms with Gasteiger partial charge in [-0.3, -0.25) is 4.79 Å². The van der Waals surface area contributed by atoms with Crippen LogP contribution in [0.5, 0.6) is 0 Å². The summed E-state index contributed by atoms with van der Waals surface area (Å²) in [5.74, 6) is 0.634. The van der Waals surface area contributed by atoms with Crippen LogP contribution in [0.4, 0.5) is 0 Å². The van der Waals surface area contributed by atoms with E-state index in [9.17, 15) is 4.79 Å². The van der Waals surface area contributed by atoms with Gasteiger partial charge in [0.1, 0.15) is 5.54 Å². The lowest BCUT2D eigenvalue weighted by molar-refractivity contribution is -0.148. The third-order valence-electron chi connectivity index (χ3n) is 4.67. The zero-order valence-electron chi connectivity index (χ0n) is 13.5. The lowest BCUT2D eigenvalue weighted by Crippen LogP contribution is -2.48. The molecule has 0 aromatic heterocycles. The summed E-state index contributed by atoms with van der Waals surface area (Å²) in [5.41, 5.74) is -0.601. The zero-order valence-corrected chi connectivity index (χ0v) is 13.5. The number of rotatable bonds is 8. The van der Waals surface area contributed by atoms with E-state index in [4.69, 9.17) is 9.47 Å². The van der Waals surface area contributed by atoms with Crippen LogP contribution in [0, 0.1) is 5.92 Å². The number of hydrogen-bond acceptors (Lipinski definition) is 4. The van der Waals surface area contributed by atoms with E-state index in [0.29, 0.717) is 6.10 Å². The van der Waals surface area contributed by atoms with E-state index in [0.717, 1.165) is 25.4 Å². The first-order valence-electron chi connectivity index (χ1n) is 7.94. The highest BCUT2D eigenvalue weighted by Gasteiger charge is 2.32. The molecule has 4 heteroatoms. The van der Waals surface area contributed by atoms with Gasteiger partial charge in [-0.2, -0.15) is 0 Å². The largest absolute Gasteiger partial charge is 0.468 e. The summed E-state index contributed by atoms with van der Waals surface area (Å²) in [5, 5.41) is 3.05. The van der Waals surface area contributed by atoms with Crippen molar-refractivity contribution in [2.45, 2.75) is 70.4 Å². The van der Waals surface area contributed by atoms with E-state index in [1.54, 1.807) is 7.05 Å². The van der Waals surface area contributed by atoms with Gasteiger partial charge < -0.3 is 14.8 Å². The maximum atomic E-state index is 11.7. The number of nitrogens with one attached hydrogen (secondary N) is 1. The standard InChI is InChI=1S/C16H31NO3/c1-5-13-8-6-9-14(12-13)20-11-7-10-16(2,17-3)15(18)19-4/h13-14,17H,5-12H2,1-4H3. The molecule has 0 aromatic carbocycles. The minimum Gasteiger partial charge on any atom is -0.468 e. The molecule has 1 N–H and O–H groups in total. The molecule has 0 spiro atoms. The molecule has 0 amide bonds. The van der Waals surface area contributed by atoms with E-state index < -0.39 is 5.54 Å². The molecule has 0 aliphatic heterocycles. The number of hydrogen-bond donors (Lipinski definition) is 1. The SMILES string of the molecule is CCC1CCCC(OCCCC(C)(NC)C(=O)OC)C1. The number of likely N-dealkylation sites (N-methyl/N-ethyl adjacent to an activating group) is 1. The zero-order chi connectivity index (χ0) is 15.0. The van der Waals surface area contributed by atoms with E-state index in [2.05, 4.69) is 12.2 Å². The van der Waals surface area contributed by atoms with Gasteiger partial charge in [-0.25, -0.2) is 0 Å². The fourth-order valence-electron chi connectivity index (χ4n) is 2.99. The average molecular weight is 285 g/mol. The number of methoxy groups -OCH3 is 1. The monoisotopic (exact) mass is 285 g/mol. The van der Waals surface area contributed by atoms with Gasteiger partial charge in [0, 0.05) is 6.61 Å². The van der Waals surface area contributed by atoms with Crippen molar-refractivity contribution in [1.82, 2.24) is 5.32 Å². The molecule has 1 rings (SSSR count). The Morgan fingerprint density at radius 2 is 2.15 bits per heavy atom. The molecule has 0 radical (unpaired) electrons. The first kappa shape index (κ1) is 17.4. The van der Waals surface area contributed by atoms with Crippen LogP contribution < -0.4 is 5.32 Å². The smallest absolute Gasteiger partial charge is 0.325 e. The van der Waals surface area contributed by atoms with Crippen LogP contribution in [0.1, 0.15) is 58.8 Å². The van der Waals surface area contributed by atoms with Crippen LogP contribution in [0.15, 0.2) is 0 Å². The second-order valence-electron chi connectivity index (χ2n) is 6.11. The maximum absolute atomic E-state index is 11.7. The van der Waals surface area contributed by atoms with Gasteiger partial charge in [-0.1, -0.05) is 26.2 Å². The lowest BCUT2D eigenvalue weighted by Gasteiger charge is -2.29. The maximum Gasteiger partial charge on any atom is 0.325 e. The summed E-state index contributed by atoms with van der Waals surface area (Å²) in [6.45, 7) is 4.88. The van der Waals surface area contributed by atoms with Crippen molar-refractivity contribution < 1.29 is 14.3 Å². The third-order valence-corrected chi connectivity index (χ3v) is 4.67. The van der Waals surface area contributed by atoms with Gasteiger partial charge in [0.25, 0.3) is 0 Å². The second kappa shape index (κ2) is 8.63. The number of carbonyl (C=O) groups is 1. The van der Waals surface area contributed by atoms with Crippen LogP contribution in [0.3, 0.4) is 0 Å². The Kier molecular flexibility index (Phi) is 7.52. The van der Waals surface area contributed by atoms with Gasteiger partial charge in [0.05, 0.1) is 13.2 Å². The van der Waals surface area contributed by atoms with Gasteiger partial charge >= 0.3 is 5.97 Å². The molecule has 1 aliphatic carbocycles. The summed E-state index contributed by atoms with van der Waals surface area (Å²) < 4.78 is 10.8. The predicted octanol–water partition coefficient (Wildman–Crippen LogP) is 2.90. The minimum atomic E-state index is -0.601.